The van der Waals surface area contributed by atoms with Crippen molar-refractivity contribution in [3.63, 3.8) is 0 Å². The summed E-state index contributed by atoms with van der Waals surface area (Å²) in [6.45, 7) is 2.08. The fraction of sp³-hybridized carbons (Fsp3) is 0.150. The minimum absolute atomic E-state index is 0.222. The van der Waals surface area contributed by atoms with E-state index < -0.39 is 17.6 Å². The highest BCUT2D eigenvalue weighted by Gasteiger charge is 2.31. The van der Waals surface area contributed by atoms with Crippen LogP contribution in [0.4, 0.5) is 23.4 Å². The maximum atomic E-state index is 13.4. The predicted molar refractivity (Wildman–Crippen MR) is 99.4 cm³/mol. The van der Waals surface area contributed by atoms with Crippen molar-refractivity contribution in [2.45, 2.75) is 13.1 Å². The van der Waals surface area contributed by atoms with E-state index in [1.54, 1.807) is 17.2 Å². The van der Waals surface area contributed by atoms with Gasteiger partial charge in [0.15, 0.2) is 0 Å². The first-order valence-electron chi connectivity index (χ1n) is 8.40. The molecule has 8 heteroatoms. The number of nitrogens with zero attached hydrogens (tertiary/aromatic N) is 4. The Bertz CT molecular complexity index is 1100. The highest BCUT2D eigenvalue weighted by atomic mass is 19.4. The molecule has 3 aromatic rings. The quantitative estimate of drug-likeness (QED) is 0.578. The molecule has 0 N–H and O–H groups in total. The number of alkyl halides is 3. The molecule has 1 aliphatic rings. The smallest absolute Gasteiger partial charge is 0.305 e. The lowest BCUT2D eigenvalue weighted by molar-refractivity contribution is -0.137. The Morgan fingerprint density at radius 1 is 1.00 bits per heavy atom. The van der Waals surface area contributed by atoms with Crippen molar-refractivity contribution in [2.24, 2.45) is 4.99 Å². The molecule has 0 spiro atoms. The van der Waals surface area contributed by atoms with Crippen molar-refractivity contribution >= 4 is 28.6 Å². The number of halogens is 4. The lowest BCUT2D eigenvalue weighted by Crippen LogP contribution is -2.27. The fourth-order valence-corrected chi connectivity index (χ4v) is 3.13. The molecule has 1 aliphatic heterocycles. The van der Waals surface area contributed by atoms with Crippen LogP contribution in [0.2, 0.25) is 0 Å². The van der Waals surface area contributed by atoms with Gasteiger partial charge in [-0.25, -0.2) is 9.37 Å². The summed E-state index contributed by atoms with van der Waals surface area (Å²) in [4.78, 5) is 14.1. The van der Waals surface area contributed by atoms with Crippen molar-refractivity contribution < 1.29 is 17.6 Å². The molecular formula is C20H14F4N4. The van der Waals surface area contributed by atoms with E-state index in [9.17, 15) is 17.6 Å². The van der Waals surface area contributed by atoms with Crippen molar-refractivity contribution in [1.82, 2.24) is 9.97 Å². The van der Waals surface area contributed by atoms with E-state index in [0.717, 1.165) is 35.3 Å². The lowest BCUT2D eigenvalue weighted by atomic mass is 10.0. The number of aliphatic imine (C=N–C) groups is 1. The molecular weight excluding hydrogens is 372 g/mol. The number of benzene rings is 1. The van der Waals surface area contributed by atoms with E-state index in [1.807, 2.05) is 19.1 Å². The lowest BCUT2D eigenvalue weighted by Gasteiger charge is -2.29. The highest BCUT2D eigenvalue weighted by Crippen LogP contribution is 2.33. The van der Waals surface area contributed by atoms with Crippen molar-refractivity contribution in [3.8, 4) is 0 Å². The first-order chi connectivity index (χ1) is 13.3. The largest absolute Gasteiger partial charge is 0.417 e. The summed E-state index contributed by atoms with van der Waals surface area (Å²) >= 11 is 0. The number of hydrogen-bond acceptors (Lipinski definition) is 4. The van der Waals surface area contributed by atoms with Crippen LogP contribution in [-0.4, -0.2) is 22.9 Å². The first kappa shape index (κ1) is 18.1. The van der Waals surface area contributed by atoms with Crippen LogP contribution in [0.3, 0.4) is 0 Å². The summed E-state index contributed by atoms with van der Waals surface area (Å²) in [6.07, 6.45) is -0.784. The zero-order chi connectivity index (χ0) is 19.9. The summed E-state index contributed by atoms with van der Waals surface area (Å²) in [7, 11) is 0. The Balaban J connectivity index is 1.77. The third kappa shape index (κ3) is 3.33. The number of hydrogen-bond donors (Lipinski definition) is 0. The van der Waals surface area contributed by atoms with Crippen LogP contribution in [0.25, 0.3) is 16.6 Å². The van der Waals surface area contributed by atoms with Gasteiger partial charge in [0.05, 0.1) is 23.0 Å². The van der Waals surface area contributed by atoms with Crippen LogP contribution < -0.4 is 4.90 Å². The normalized spacial score (nSPS) is 14.8. The third-order valence-electron chi connectivity index (χ3n) is 4.43. The van der Waals surface area contributed by atoms with Crippen LogP contribution in [0.15, 0.2) is 59.4 Å². The second-order valence-corrected chi connectivity index (χ2v) is 6.38. The molecule has 0 aliphatic carbocycles. The van der Waals surface area contributed by atoms with Gasteiger partial charge in [-0.2, -0.15) is 13.2 Å². The number of anilines is 1. The minimum atomic E-state index is -4.44. The molecule has 1 aromatic carbocycles. The van der Waals surface area contributed by atoms with Crippen molar-refractivity contribution in [3.05, 3.63) is 71.3 Å². The average molecular weight is 386 g/mol. The number of rotatable bonds is 2. The van der Waals surface area contributed by atoms with E-state index in [0.29, 0.717) is 16.7 Å². The van der Waals surface area contributed by atoms with E-state index in [1.165, 1.54) is 12.1 Å². The van der Waals surface area contributed by atoms with Gasteiger partial charge in [0.25, 0.3) is 0 Å². The van der Waals surface area contributed by atoms with Gasteiger partial charge in [-0.15, -0.1) is 0 Å². The van der Waals surface area contributed by atoms with Gasteiger partial charge in [-0.1, -0.05) is 12.1 Å². The van der Waals surface area contributed by atoms with Gasteiger partial charge in [0.2, 0.25) is 0 Å². The summed E-state index contributed by atoms with van der Waals surface area (Å²) in [5.41, 5.74) is 2.18. The maximum Gasteiger partial charge on any atom is 0.417 e. The van der Waals surface area contributed by atoms with Gasteiger partial charge < -0.3 is 4.90 Å². The van der Waals surface area contributed by atoms with Crippen molar-refractivity contribution in [2.75, 3.05) is 11.6 Å². The summed E-state index contributed by atoms with van der Waals surface area (Å²) in [6, 6.07) is 9.10. The van der Waals surface area contributed by atoms with Gasteiger partial charge in [-0.3, -0.25) is 9.98 Å². The molecule has 4 rings (SSSR count). The topological polar surface area (TPSA) is 41.4 Å². The molecule has 0 bridgehead atoms. The molecule has 0 unspecified atom stereocenters. The molecule has 28 heavy (non-hydrogen) atoms. The standard InChI is InChI=1S/C20H14F4N4/c1-12-8-25-11-28(18-5-4-15(9-27-18)20(22,23)24)19(12)14-3-2-13-6-16(21)10-26-17(13)7-14/h2-10H,11H2,1H3. The highest BCUT2D eigenvalue weighted by molar-refractivity contribution is 5.98. The second kappa shape index (κ2) is 6.70. The second-order valence-electron chi connectivity index (χ2n) is 6.38. The van der Waals surface area contributed by atoms with E-state index >= 15 is 0 Å². The monoisotopic (exact) mass is 386 g/mol. The van der Waals surface area contributed by atoms with Gasteiger partial charge in [-0.05, 0) is 36.8 Å². The molecule has 0 saturated carbocycles. The van der Waals surface area contributed by atoms with Crippen LogP contribution in [-0.2, 0) is 6.18 Å². The molecule has 0 atom stereocenters. The summed E-state index contributed by atoms with van der Waals surface area (Å²) in [5.74, 6) is -0.0672. The van der Waals surface area contributed by atoms with Gasteiger partial charge in [0.1, 0.15) is 18.3 Å². The molecule has 2 aromatic heterocycles. The molecule has 3 heterocycles. The van der Waals surface area contributed by atoms with E-state index in [-0.39, 0.29) is 6.67 Å². The molecule has 4 nitrogen and oxygen atoms in total. The summed E-state index contributed by atoms with van der Waals surface area (Å²) in [5, 5.41) is 0.658. The number of allylic oxidation sites excluding steroid dienone is 1. The zero-order valence-corrected chi connectivity index (χ0v) is 14.7. The summed E-state index contributed by atoms with van der Waals surface area (Å²) < 4.78 is 51.8. The Hall–Kier alpha value is -3.29. The van der Waals surface area contributed by atoms with Crippen molar-refractivity contribution in [1.29, 1.82) is 0 Å². The maximum absolute atomic E-state index is 13.4. The fourth-order valence-electron chi connectivity index (χ4n) is 3.13. The Labute approximate surface area is 157 Å². The first-order valence-corrected chi connectivity index (χ1v) is 8.40. The van der Waals surface area contributed by atoms with Crippen LogP contribution in [0, 0.1) is 5.82 Å². The predicted octanol–water partition coefficient (Wildman–Crippen LogP) is 5.07. The molecule has 142 valence electrons. The van der Waals surface area contributed by atoms with Crippen LogP contribution >= 0.6 is 0 Å². The number of pyridine rings is 2. The average Bonchev–Trinajstić information content (AvgIpc) is 2.67. The Morgan fingerprint density at radius 3 is 2.54 bits per heavy atom. The third-order valence-corrected chi connectivity index (χ3v) is 4.43. The number of fused-ring (bicyclic) bond motifs is 1. The van der Waals surface area contributed by atoms with E-state index in [4.69, 9.17) is 0 Å². The molecule has 0 fully saturated rings. The number of aromatic nitrogens is 2. The minimum Gasteiger partial charge on any atom is -0.305 e. The molecule has 0 amide bonds. The van der Waals surface area contributed by atoms with Gasteiger partial charge >= 0.3 is 6.18 Å². The van der Waals surface area contributed by atoms with Crippen LogP contribution in [0.1, 0.15) is 18.1 Å². The SMILES string of the molecule is CC1=C(c2ccc3cc(F)cnc3c2)N(c2ccc(C(F)(F)F)cn2)CN=C1. The Kier molecular flexibility index (Phi) is 4.33. The zero-order valence-electron chi connectivity index (χ0n) is 14.7. The molecule has 0 radical (unpaired) electrons. The molecule has 0 saturated heterocycles. The Morgan fingerprint density at radius 2 is 1.82 bits per heavy atom. The van der Waals surface area contributed by atoms with Crippen LogP contribution in [0.5, 0.6) is 0 Å². The van der Waals surface area contributed by atoms with E-state index in [2.05, 4.69) is 15.0 Å². The van der Waals surface area contributed by atoms with Gasteiger partial charge in [0, 0.05) is 23.4 Å².